The van der Waals surface area contributed by atoms with Crippen molar-refractivity contribution in [3.05, 3.63) is 58.5 Å². The molecule has 0 aliphatic carbocycles. The smallest absolute Gasteiger partial charge is 0.248 e. The molecule has 3 rings (SSSR count). The summed E-state index contributed by atoms with van der Waals surface area (Å²) in [6.07, 6.45) is 0.936. The van der Waals surface area contributed by atoms with E-state index in [0.717, 1.165) is 34.0 Å². The van der Waals surface area contributed by atoms with Crippen LogP contribution < -0.4 is 10.6 Å². The van der Waals surface area contributed by atoms with Crippen LogP contribution in [-0.2, 0) is 11.2 Å². The van der Waals surface area contributed by atoms with Crippen LogP contribution in [0.15, 0.2) is 30.3 Å². The van der Waals surface area contributed by atoms with Crippen molar-refractivity contribution in [2.24, 2.45) is 5.73 Å². The normalized spacial score (nSPS) is 11.0. The molecule has 7 heteroatoms. The molecular formula is C20H23N5O2. The summed E-state index contributed by atoms with van der Waals surface area (Å²) in [4.78, 5) is 30.0. The highest BCUT2D eigenvalue weighted by atomic mass is 16.2. The van der Waals surface area contributed by atoms with E-state index in [-0.39, 0.29) is 5.91 Å². The minimum Gasteiger partial charge on any atom is -0.366 e. The monoisotopic (exact) mass is 365 g/mol. The number of nitrogens with two attached hydrogens (primary N) is 1. The highest BCUT2D eigenvalue weighted by Crippen LogP contribution is 2.19. The van der Waals surface area contributed by atoms with Crippen LogP contribution in [0, 0.1) is 20.8 Å². The molecule has 27 heavy (non-hydrogen) atoms. The lowest BCUT2D eigenvalue weighted by molar-refractivity contribution is -0.118. The number of rotatable bonds is 5. The number of anilines is 1. The van der Waals surface area contributed by atoms with E-state index in [1.54, 1.807) is 36.2 Å². The summed E-state index contributed by atoms with van der Waals surface area (Å²) in [5, 5.41) is 4.47. The first-order valence-corrected chi connectivity index (χ1v) is 8.77. The number of carbonyl (C=O) groups excluding carboxylic acids is 2. The highest BCUT2D eigenvalue weighted by molar-refractivity contribution is 5.95. The van der Waals surface area contributed by atoms with Gasteiger partial charge < -0.3 is 10.6 Å². The third kappa shape index (κ3) is 3.67. The van der Waals surface area contributed by atoms with Gasteiger partial charge in [-0.1, -0.05) is 0 Å². The van der Waals surface area contributed by atoms with Gasteiger partial charge in [-0.25, -0.2) is 9.50 Å². The fourth-order valence-corrected chi connectivity index (χ4v) is 3.20. The number of amides is 2. The number of aryl methyl sites for hydroxylation is 3. The van der Waals surface area contributed by atoms with Gasteiger partial charge in [-0.2, -0.15) is 5.10 Å². The second kappa shape index (κ2) is 7.19. The van der Waals surface area contributed by atoms with Crippen LogP contribution in [0.5, 0.6) is 0 Å². The minimum atomic E-state index is -0.488. The molecule has 140 valence electrons. The van der Waals surface area contributed by atoms with E-state index in [2.05, 4.69) is 10.1 Å². The van der Waals surface area contributed by atoms with E-state index in [1.807, 2.05) is 31.4 Å². The molecule has 0 aliphatic heterocycles. The SMILES string of the molecule is Cc1cc2nc(C)c(CCC(=O)N(C)c3ccc(C(N)=O)cc3)c(C)n2n1. The fraction of sp³-hybridized carbons (Fsp3) is 0.300. The van der Waals surface area contributed by atoms with Crippen LogP contribution in [0.2, 0.25) is 0 Å². The molecule has 2 N–H and O–H groups in total. The minimum absolute atomic E-state index is 0.0163. The van der Waals surface area contributed by atoms with Crippen molar-refractivity contribution in [3.8, 4) is 0 Å². The summed E-state index contributed by atoms with van der Waals surface area (Å²) >= 11 is 0. The Hall–Kier alpha value is -3.22. The van der Waals surface area contributed by atoms with Crippen molar-refractivity contribution in [2.45, 2.75) is 33.6 Å². The van der Waals surface area contributed by atoms with Crippen molar-refractivity contribution >= 4 is 23.1 Å². The maximum Gasteiger partial charge on any atom is 0.248 e. The average Bonchev–Trinajstić information content (AvgIpc) is 3.01. The molecule has 3 aromatic rings. The van der Waals surface area contributed by atoms with Gasteiger partial charge in [0.05, 0.1) is 5.69 Å². The van der Waals surface area contributed by atoms with Gasteiger partial charge in [0.25, 0.3) is 0 Å². The zero-order chi connectivity index (χ0) is 19.7. The zero-order valence-electron chi connectivity index (χ0n) is 16.0. The number of hydrogen-bond donors (Lipinski definition) is 1. The van der Waals surface area contributed by atoms with Crippen LogP contribution >= 0.6 is 0 Å². The Morgan fingerprint density at radius 2 is 1.81 bits per heavy atom. The fourth-order valence-electron chi connectivity index (χ4n) is 3.20. The van der Waals surface area contributed by atoms with Gasteiger partial charge in [-0.15, -0.1) is 0 Å². The number of benzene rings is 1. The van der Waals surface area contributed by atoms with E-state index >= 15 is 0 Å². The Bertz CT molecular complexity index is 1020. The molecular weight excluding hydrogens is 342 g/mol. The summed E-state index contributed by atoms with van der Waals surface area (Å²) in [5.74, 6) is -0.504. The summed E-state index contributed by atoms with van der Waals surface area (Å²) in [5.41, 5.74) is 11.1. The number of carbonyl (C=O) groups is 2. The molecule has 0 saturated carbocycles. The summed E-state index contributed by atoms with van der Waals surface area (Å²) < 4.78 is 1.83. The van der Waals surface area contributed by atoms with Gasteiger partial charge >= 0.3 is 0 Å². The van der Waals surface area contributed by atoms with Crippen molar-refractivity contribution in [1.29, 1.82) is 0 Å². The predicted molar refractivity (Wildman–Crippen MR) is 104 cm³/mol. The van der Waals surface area contributed by atoms with Crippen LogP contribution in [0.1, 0.15) is 39.4 Å². The molecule has 0 atom stereocenters. The largest absolute Gasteiger partial charge is 0.366 e. The second-order valence-corrected chi connectivity index (χ2v) is 6.68. The lowest BCUT2D eigenvalue weighted by Gasteiger charge is -2.18. The van der Waals surface area contributed by atoms with Crippen molar-refractivity contribution in [2.75, 3.05) is 11.9 Å². The second-order valence-electron chi connectivity index (χ2n) is 6.68. The van der Waals surface area contributed by atoms with Gasteiger partial charge in [-0.3, -0.25) is 9.59 Å². The van der Waals surface area contributed by atoms with Gasteiger partial charge in [0.15, 0.2) is 5.65 Å². The molecule has 1 aromatic carbocycles. The number of hydrogen-bond acceptors (Lipinski definition) is 4. The van der Waals surface area contributed by atoms with Crippen LogP contribution in [0.4, 0.5) is 5.69 Å². The first-order chi connectivity index (χ1) is 12.8. The molecule has 7 nitrogen and oxygen atoms in total. The molecule has 0 spiro atoms. The molecule has 2 heterocycles. The molecule has 2 aromatic heterocycles. The molecule has 0 radical (unpaired) electrons. The molecule has 2 amide bonds. The summed E-state index contributed by atoms with van der Waals surface area (Å²) in [6, 6.07) is 8.61. The van der Waals surface area contributed by atoms with Gasteiger partial charge in [0.1, 0.15) is 0 Å². The van der Waals surface area contributed by atoms with Crippen LogP contribution in [0.3, 0.4) is 0 Å². The Morgan fingerprint density at radius 1 is 1.15 bits per heavy atom. The van der Waals surface area contributed by atoms with Crippen molar-refractivity contribution in [1.82, 2.24) is 14.6 Å². The van der Waals surface area contributed by atoms with Gasteiger partial charge in [0, 0.05) is 42.2 Å². The van der Waals surface area contributed by atoms with Crippen molar-refractivity contribution in [3.63, 3.8) is 0 Å². The molecule has 0 saturated heterocycles. The predicted octanol–water partition coefficient (Wildman–Crippen LogP) is 2.35. The quantitative estimate of drug-likeness (QED) is 0.751. The lowest BCUT2D eigenvalue weighted by Crippen LogP contribution is -2.26. The highest BCUT2D eigenvalue weighted by Gasteiger charge is 2.16. The molecule has 0 fully saturated rings. The standard InChI is InChI=1S/C20H23N5O2/c1-12-11-18-22-13(2)17(14(3)25(18)23-12)9-10-19(26)24(4)16-7-5-15(6-8-16)20(21)27/h5-8,11H,9-10H2,1-4H3,(H2,21,27). The van der Waals surface area contributed by atoms with E-state index in [9.17, 15) is 9.59 Å². The Kier molecular flexibility index (Phi) is 4.94. The number of primary amides is 1. The Balaban J connectivity index is 1.75. The topological polar surface area (TPSA) is 93.6 Å². The third-order valence-electron chi connectivity index (χ3n) is 4.79. The molecule has 0 unspecified atom stereocenters. The molecule has 0 bridgehead atoms. The third-order valence-corrected chi connectivity index (χ3v) is 4.79. The first-order valence-electron chi connectivity index (χ1n) is 8.77. The van der Waals surface area contributed by atoms with Gasteiger partial charge in [0.2, 0.25) is 11.8 Å². The lowest BCUT2D eigenvalue weighted by atomic mass is 10.1. The van der Waals surface area contributed by atoms with Gasteiger partial charge in [-0.05, 0) is 57.0 Å². The maximum absolute atomic E-state index is 12.6. The van der Waals surface area contributed by atoms with Crippen molar-refractivity contribution < 1.29 is 9.59 Å². The zero-order valence-corrected chi connectivity index (χ0v) is 16.0. The number of aromatic nitrogens is 3. The molecule has 0 aliphatic rings. The summed E-state index contributed by atoms with van der Waals surface area (Å²) in [7, 11) is 1.72. The Labute approximate surface area is 157 Å². The number of fused-ring (bicyclic) bond motifs is 1. The van der Waals surface area contributed by atoms with Crippen LogP contribution in [0.25, 0.3) is 5.65 Å². The Morgan fingerprint density at radius 3 is 2.44 bits per heavy atom. The van der Waals surface area contributed by atoms with E-state index in [4.69, 9.17) is 5.73 Å². The van der Waals surface area contributed by atoms with E-state index in [0.29, 0.717) is 18.4 Å². The average molecular weight is 365 g/mol. The van der Waals surface area contributed by atoms with E-state index in [1.165, 1.54) is 0 Å². The maximum atomic E-state index is 12.6. The number of nitrogens with zero attached hydrogens (tertiary/aromatic N) is 4. The first kappa shape index (κ1) is 18.6. The summed E-state index contributed by atoms with van der Waals surface area (Å²) in [6.45, 7) is 5.90. The van der Waals surface area contributed by atoms with Crippen LogP contribution in [-0.4, -0.2) is 33.5 Å². The van der Waals surface area contributed by atoms with E-state index < -0.39 is 5.91 Å².